The average Bonchev–Trinajstić information content (AvgIpc) is 3.06. The van der Waals surface area contributed by atoms with Gasteiger partial charge in [0.15, 0.2) is 0 Å². The van der Waals surface area contributed by atoms with Crippen molar-refractivity contribution in [2.24, 2.45) is 7.05 Å². The molecule has 0 aliphatic rings. The molecule has 2 heterocycles. The quantitative estimate of drug-likeness (QED) is 0.716. The molecule has 2 aromatic heterocycles. The number of benzene rings is 1. The fourth-order valence-corrected chi connectivity index (χ4v) is 2.17. The highest BCUT2D eigenvalue weighted by Gasteiger charge is 2.10. The zero-order valence-electron chi connectivity index (χ0n) is 11.6. The van der Waals surface area contributed by atoms with Crippen molar-refractivity contribution in [3.8, 4) is 5.75 Å². The molecule has 0 bridgehead atoms. The molecule has 3 rings (SSSR count). The monoisotopic (exact) mass is 288 g/mol. The molecule has 0 saturated carbocycles. The molecule has 0 amide bonds. The summed E-state index contributed by atoms with van der Waals surface area (Å²) in [5.74, 6) is 0.668. The van der Waals surface area contributed by atoms with Crippen molar-refractivity contribution in [3.05, 3.63) is 47.3 Å². The third-order valence-electron chi connectivity index (χ3n) is 3.29. The fraction of sp³-hybridized carbons (Fsp3) is 0.286. The van der Waals surface area contributed by atoms with Crippen molar-refractivity contribution >= 4 is 10.9 Å². The summed E-state index contributed by atoms with van der Waals surface area (Å²) in [5.41, 5.74) is 0.592. The Morgan fingerprint density at radius 1 is 1.43 bits per heavy atom. The van der Waals surface area contributed by atoms with Gasteiger partial charge in [0.2, 0.25) is 0 Å². The number of nitrogens with one attached hydrogen (secondary N) is 1. The number of hydrogen-bond acceptors (Lipinski definition) is 4. The summed E-state index contributed by atoms with van der Waals surface area (Å²) in [6, 6.07) is 7.64. The second kappa shape index (κ2) is 5.45. The Kier molecular flexibility index (Phi) is 3.49. The number of rotatable bonds is 5. The minimum atomic E-state index is -0.794. The Morgan fingerprint density at radius 3 is 3.05 bits per heavy atom. The molecule has 1 atom stereocenters. The largest absolute Gasteiger partial charge is 0.491 e. The van der Waals surface area contributed by atoms with E-state index in [1.165, 1.54) is 15.7 Å². The van der Waals surface area contributed by atoms with Crippen LogP contribution in [0.5, 0.6) is 5.75 Å². The Balaban J connectivity index is 1.62. The van der Waals surface area contributed by atoms with E-state index in [9.17, 15) is 9.90 Å². The van der Waals surface area contributed by atoms with Gasteiger partial charge in [-0.3, -0.25) is 4.68 Å². The van der Waals surface area contributed by atoms with E-state index in [1.54, 1.807) is 7.05 Å². The molecule has 21 heavy (non-hydrogen) atoms. The molecule has 0 aliphatic heterocycles. The molecule has 0 radical (unpaired) electrons. The van der Waals surface area contributed by atoms with Gasteiger partial charge in [-0.15, -0.1) is 0 Å². The predicted molar refractivity (Wildman–Crippen MR) is 77.3 cm³/mol. The topological polar surface area (TPSA) is 85.1 Å². The van der Waals surface area contributed by atoms with Gasteiger partial charge in [-0.25, -0.2) is 9.48 Å². The van der Waals surface area contributed by atoms with Gasteiger partial charge in [0.25, 0.3) is 0 Å². The van der Waals surface area contributed by atoms with E-state index in [2.05, 4.69) is 9.97 Å². The Labute approximate surface area is 120 Å². The standard InChI is InChI=1S/C14H16N4O3/c1-17-9-16-14(20)18(17)7-11(19)8-21-12-3-2-10-4-5-15-13(10)6-12/h2-6,9,11,15,19H,7-8H2,1H3. The minimum Gasteiger partial charge on any atom is -0.491 e. The molecule has 0 aliphatic carbocycles. The highest BCUT2D eigenvalue weighted by atomic mass is 16.5. The zero-order valence-corrected chi connectivity index (χ0v) is 11.6. The first-order chi connectivity index (χ1) is 10.1. The van der Waals surface area contributed by atoms with Crippen molar-refractivity contribution < 1.29 is 9.84 Å². The lowest BCUT2D eigenvalue weighted by molar-refractivity contribution is 0.0852. The minimum absolute atomic E-state index is 0.101. The van der Waals surface area contributed by atoms with Gasteiger partial charge in [-0.2, -0.15) is 4.98 Å². The van der Waals surface area contributed by atoms with Gasteiger partial charge in [-0.05, 0) is 23.6 Å². The number of aromatic nitrogens is 4. The molecular weight excluding hydrogens is 272 g/mol. The number of aliphatic hydroxyl groups is 1. The number of ether oxygens (including phenoxy) is 1. The van der Waals surface area contributed by atoms with E-state index in [-0.39, 0.29) is 18.8 Å². The van der Waals surface area contributed by atoms with Gasteiger partial charge in [-0.1, -0.05) is 0 Å². The summed E-state index contributed by atoms with van der Waals surface area (Å²) >= 11 is 0. The number of H-pyrrole nitrogens is 1. The third kappa shape index (κ3) is 2.82. The molecule has 7 heteroatoms. The lowest BCUT2D eigenvalue weighted by Gasteiger charge is -2.13. The maximum absolute atomic E-state index is 11.4. The van der Waals surface area contributed by atoms with Crippen molar-refractivity contribution in [1.29, 1.82) is 0 Å². The van der Waals surface area contributed by atoms with Gasteiger partial charge in [0.1, 0.15) is 24.8 Å². The van der Waals surface area contributed by atoms with Crippen LogP contribution in [0.2, 0.25) is 0 Å². The molecule has 110 valence electrons. The van der Waals surface area contributed by atoms with Crippen LogP contribution in [0.15, 0.2) is 41.6 Å². The first kappa shape index (κ1) is 13.4. The molecule has 1 aromatic carbocycles. The maximum Gasteiger partial charge on any atom is 0.363 e. The number of hydrogen-bond donors (Lipinski definition) is 2. The van der Waals surface area contributed by atoms with Crippen LogP contribution in [0.4, 0.5) is 0 Å². The van der Waals surface area contributed by atoms with E-state index in [1.807, 2.05) is 30.5 Å². The number of fused-ring (bicyclic) bond motifs is 1. The third-order valence-corrected chi connectivity index (χ3v) is 3.29. The summed E-state index contributed by atoms with van der Waals surface area (Å²) in [5, 5.41) is 11.1. The number of aromatic amines is 1. The summed E-state index contributed by atoms with van der Waals surface area (Å²) in [6.07, 6.45) is 2.48. The van der Waals surface area contributed by atoms with Crippen LogP contribution in [-0.4, -0.2) is 37.1 Å². The van der Waals surface area contributed by atoms with Crippen molar-refractivity contribution in [1.82, 2.24) is 19.3 Å². The highest BCUT2D eigenvalue weighted by molar-refractivity contribution is 5.80. The Morgan fingerprint density at radius 2 is 2.29 bits per heavy atom. The van der Waals surface area contributed by atoms with Crippen LogP contribution >= 0.6 is 0 Å². The van der Waals surface area contributed by atoms with E-state index >= 15 is 0 Å². The average molecular weight is 288 g/mol. The lowest BCUT2D eigenvalue weighted by Crippen LogP contribution is -2.32. The lowest BCUT2D eigenvalue weighted by atomic mass is 10.2. The van der Waals surface area contributed by atoms with E-state index in [0.717, 1.165) is 10.9 Å². The smallest absolute Gasteiger partial charge is 0.363 e. The van der Waals surface area contributed by atoms with Crippen LogP contribution in [-0.2, 0) is 13.6 Å². The first-order valence-electron chi connectivity index (χ1n) is 6.60. The number of aryl methyl sites for hydroxylation is 1. The van der Waals surface area contributed by atoms with Crippen LogP contribution in [0, 0.1) is 0 Å². The second-order valence-electron chi connectivity index (χ2n) is 4.87. The maximum atomic E-state index is 11.4. The molecule has 7 nitrogen and oxygen atoms in total. The van der Waals surface area contributed by atoms with Crippen LogP contribution in [0.1, 0.15) is 0 Å². The van der Waals surface area contributed by atoms with Crippen molar-refractivity contribution in [2.75, 3.05) is 6.61 Å². The predicted octanol–water partition coefficient (Wildman–Crippen LogP) is 0.503. The Bertz CT molecular complexity index is 802. The molecule has 0 spiro atoms. The van der Waals surface area contributed by atoms with Crippen molar-refractivity contribution in [2.45, 2.75) is 12.6 Å². The molecule has 2 N–H and O–H groups in total. The first-order valence-corrected chi connectivity index (χ1v) is 6.60. The van der Waals surface area contributed by atoms with Gasteiger partial charge >= 0.3 is 5.69 Å². The van der Waals surface area contributed by atoms with Crippen molar-refractivity contribution in [3.63, 3.8) is 0 Å². The molecule has 0 fully saturated rings. The molecule has 0 saturated heterocycles. The molecule has 1 unspecified atom stereocenters. The number of aliphatic hydroxyl groups excluding tert-OH is 1. The fourth-order valence-electron chi connectivity index (χ4n) is 2.17. The summed E-state index contributed by atoms with van der Waals surface area (Å²) < 4.78 is 8.45. The number of nitrogens with zero attached hydrogens (tertiary/aromatic N) is 3. The highest BCUT2D eigenvalue weighted by Crippen LogP contribution is 2.19. The van der Waals surface area contributed by atoms with Crippen LogP contribution in [0.3, 0.4) is 0 Å². The van der Waals surface area contributed by atoms with Gasteiger partial charge < -0.3 is 14.8 Å². The normalized spacial score (nSPS) is 12.7. The van der Waals surface area contributed by atoms with Crippen LogP contribution < -0.4 is 10.4 Å². The summed E-state index contributed by atoms with van der Waals surface area (Å²) in [7, 11) is 1.70. The van der Waals surface area contributed by atoms with Crippen LogP contribution in [0.25, 0.3) is 10.9 Å². The van der Waals surface area contributed by atoms with E-state index in [0.29, 0.717) is 5.75 Å². The zero-order chi connectivity index (χ0) is 14.8. The summed E-state index contributed by atoms with van der Waals surface area (Å²) in [4.78, 5) is 18.2. The molecular formula is C14H16N4O3. The molecule has 3 aromatic rings. The second-order valence-corrected chi connectivity index (χ2v) is 4.87. The van der Waals surface area contributed by atoms with Gasteiger partial charge in [0, 0.05) is 24.8 Å². The summed E-state index contributed by atoms with van der Waals surface area (Å²) in [6.45, 7) is 0.240. The van der Waals surface area contributed by atoms with Gasteiger partial charge in [0.05, 0.1) is 6.54 Å². The Hall–Kier alpha value is -2.54. The van der Waals surface area contributed by atoms with E-state index in [4.69, 9.17) is 4.74 Å². The SMILES string of the molecule is Cn1cnc(=O)n1CC(O)COc1ccc2cc[nH]c2c1. The van der Waals surface area contributed by atoms with E-state index < -0.39 is 6.10 Å².